The predicted octanol–water partition coefficient (Wildman–Crippen LogP) is 2.39. The number of hydrogen-bond acceptors (Lipinski definition) is 4. The SMILES string of the molecule is COc1cc(N2CCOCC2)c(Cl)cc1C(C)=O. The molecule has 5 heteroatoms. The summed E-state index contributed by atoms with van der Waals surface area (Å²) in [5, 5.41) is 0.572. The number of nitrogens with zero attached hydrogens (tertiary/aromatic N) is 1. The first-order chi connectivity index (χ1) is 8.63. The number of Topliss-reactive ketones (excluding diaryl/α,β-unsaturated/α-hetero) is 1. The minimum Gasteiger partial charge on any atom is -0.496 e. The van der Waals surface area contributed by atoms with Crippen LogP contribution in [-0.2, 0) is 4.74 Å². The van der Waals surface area contributed by atoms with Gasteiger partial charge in [-0.1, -0.05) is 11.6 Å². The van der Waals surface area contributed by atoms with Crippen molar-refractivity contribution >= 4 is 23.1 Å². The molecule has 1 aromatic rings. The van der Waals surface area contributed by atoms with Crippen LogP contribution in [0, 0.1) is 0 Å². The van der Waals surface area contributed by atoms with Crippen LogP contribution in [0.2, 0.25) is 5.02 Å². The van der Waals surface area contributed by atoms with Crippen LogP contribution in [0.4, 0.5) is 5.69 Å². The Morgan fingerprint density at radius 3 is 2.61 bits per heavy atom. The van der Waals surface area contributed by atoms with Gasteiger partial charge in [0.2, 0.25) is 0 Å². The normalized spacial score (nSPS) is 15.6. The molecule has 0 atom stereocenters. The molecule has 0 aromatic heterocycles. The van der Waals surface area contributed by atoms with Gasteiger partial charge in [-0.2, -0.15) is 0 Å². The molecule has 0 unspecified atom stereocenters. The van der Waals surface area contributed by atoms with Crippen molar-refractivity contribution in [2.75, 3.05) is 38.3 Å². The zero-order chi connectivity index (χ0) is 13.1. The molecular formula is C13H16ClNO3. The zero-order valence-corrected chi connectivity index (χ0v) is 11.3. The maximum Gasteiger partial charge on any atom is 0.163 e. The molecular weight excluding hydrogens is 254 g/mol. The van der Waals surface area contributed by atoms with Crippen molar-refractivity contribution in [3.63, 3.8) is 0 Å². The van der Waals surface area contributed by atoms with Gasteiger partial charge in [0.25, 0.3) is 0 Å². The molecule has 0 spiro atoms. The van der Waals surface area contributed by atoms with E-state index >= 15 is 0 Å². The van der Waals surface area contributed by atoms with Crippen LogP contribution in [0.3, 0.4) is 0 Å². The number of carbonyl (C=O) groups excluding carboxylic acids is 1. The summed E-state index contributed by atoms with van der Waals surface area (Å²) in [5.41, 5.74) is 1.40. The molecule has 1 saturated heterocycles. The van der Waals surface area contributed by atoms with Crippen molar-refractivity contribution in [1.29, 1.82) is 0 Å². The van der Waals surface area contributed by atoms with Gasteiger partial charge in [-0.25, -0.2) is 0 Å². The van der Waals surface area contributed by atoms with Crippen LogP contribution in [0.1, 0.15) is 17.3 Å². The van der Waals surface area contributed by atoms with E-state index in [-0.39, 0.29) is 5.78 Å². The number of benzene rings is 1. The second-order valence-electron chi connectivity index (χ2n) is 4.16. The third-order valence-electron chi connectivity index (χ3n) is 3.00. The lowest BCUT2D eigenvalue weighted by Gasteiger charge is -2.30. The molecule has 1 aliphatic rings. The number of rotatable bonds is 3. The van der Waals surface area contributed by atoms with Crippen molar-refractivity contribution in [3.05, 3.63) is 22.7 Å². The van der Waals surface area contributed by atoms with Gasteiger partial charge in [0.1, 0.15) is 5.75 Å². The summed E-state index contributed by atoms with van der Waals surface area (Å²) >= 11 is 6.25. The number of methoxy groups -OCH3 is 1. The Bertz CT molecular complexity index is 456. The molecule has 0 amide bonds. The molecule has 0 radical (unpaired) electrons. The number of carbonyl (C=O) groups is 1. The Hall–Kier alpha value is -1.26. The summed E-state index contributed by atoms with van der Waals surface area (Å²) in [5.74, 6) is 0.510. The minimum atomic E-state index is -0.0534. The lowest BCUT2D eigenvalue weighted by atomic mass is 10.1. The monoisotopic (exact) mass is 269 g/mol. The van der Waals surface area contributed by atoms with Gasteiger partial charge in [-0.15, -0.1) is 0 Å². The molecule has 0 aliphatic carbocycles. The number of morpholine rings is 1. The summed E-state index contributed by atoms with van der Waals surface area (Å²) in [6.07, 6.45) is 0. The number of ether oxygens (including phenoxy) is 2. The standard InChI is InChI=1S/C13H16ClNO3/c1-9(16)10-7-11(14)12(8-13(10)17-2)15-3-5-18-6-4-15/h7-8H,3-6H2,1-2H3. The molecule has 0 N–H and O–H groups in total. The van der Waals surface area contributed by atoms with Crippen LogP contribution in [0.25, 0.3) is 0 Å². The van der Waals surface area contributed by atoms with Crippen molar-refractivity contribution in [2.45, 2.75) is 6.92 Å². The lowest BCUT2D eigenvalue weighted by Crippen LogP contribution is -2.36. The fourth-order valence-electron chi connectivity index (χ4n) is 2.03. The smallest absolute Gasteiger partial charge is 0.163 e. The van der Waals surface area contributed by atoms with E-state index in [1.54, 1.807) is 13.2 Å². The Morgan fingerprint density at radius 1 is 1.39 bits per heavy atom. The maximum absolute atomic E-state index is 11.5. The maximum atomic E-state index is 11.5. The predicted molar refractivity (Wildman–Crippen MR) is 71.0 cm³/mol. The molecule has 1 heterocycles. The fraction of sp³-hybridized carbons (Fsp3) is 0.462. The second-order valence-corrected chi connectivity index (χ2v) is 4.57. The van der Waals surface area contributed by atoms with Crippen LogP contribution < -0.4 is 9.64 Å². The first-order valence-electron chi connectivity index (χ1n) is 5.84. The molecule has 1 aromatic carbocycles. The van der Waals surface area contributed by atoms with E-state index in [1.807, 2.05) is 6.07 Å². The highest BCUT2D eigenvalue weighted by Crippen LogP contribution is 2.34. The molecule has 4 nitrogen and oxygen atoms in total. The average molecular weight is 270 g/mol. The first-order valence-corrected chi connectivity index (χ1v) is 6.22. The number of ketones is 1. The van der Waals surface area contributed by atoms with Crippen molar-refractivity contribution in [2.24, 2.45) is 0 Å². The molecule has 1 aliphatic heterocycles. The van der Waals surface area contributed by atoms with Gasteiger partial charge in [-0.05, 0) is 13.0 Å². The van der Waals surface area contributed by atoms with Crippen LogP contribution >= 0.6 is 11.6 Å². The Kier molecular flexibility index (Phi) is 4.09. The molecule has 0 saturated carbocycles. The third kappa shape index (κ3) is 2.60. The van der Waals surface area contributed by atoms with Crippen LogP contribution in [-0.4, -0.2) is 39.2 Å². The first kappa shape index (κ1) is 13.2. The number of hydrogen-bond donors (Lipinski definition) is 0. The molecule has 2 rings (SSSR count). The van der Waals surface area contributed by atoms with Crippen molar-refractivity contribution in [3.8, 4) is 5.75 Å². The second kappa shape index (κ2) is 5.59. The summed E-state index contributed by atoms with van der Waals surface area (Å²) in [7, 11) is 1.55. The number of anilines is 1. The van der Waals surface area contributed by atoms with Crippen LogP contribution in [0.15, 0.2) is 12.1 Å². The van der Waals surface area contributed by atoms with Crippen molar-refractivity contribution < 1.29 is 14.3 Å². The van der Waals surface area contributed by atoms with E-state index in [4.69, 9.17) is 21.1 Å². The van der Waals surface area contributed by atoms with Gasteiger partial charge >= 0.3 is 0 Å². The van der Waals surface area contributed by atoms with Crippen molar-refractivity contribution in [1.82, 2.24) is 0 Å². The van der Waals surface area contributed by atoms with Gasteiger partial charge in [0.05, 0.1) is 36.6 Å². The number of halogens is 1. The molecule has 18 heavy (non-hydrogen) atoms. The zero-order valence-electron chi connectivity index (χ0n) is 10.5. The largest absolute Gasteiger partial charge is 0.496 e. The summed E-state index contributed by atoms with van der Waals surface area (Å²) in [4.78, 5) is 13.6. The van der Waals surface area contributed by atoms with E-state index in [1.165, 1.54) is 6.92 Å². The Labute approximate surface area is 111 Å². The highest BCUT2D eigenvalue weighted by Gasteiger charge is 2.18. The van der Waals surface area contributed by atoms with Gasteiger partial charge in [0, 0.05) is 19.2 Å². The quantitative estimate of drug-likeness (QED) is 0.790. The Morgan fingerprint density at radius 2 is 2.06 bits per heavy atom. The molecule has 1 fully saturated rings. The topological polar surface area (TPSA) is 38.8 Å². The van der Waals surface area contributed by atoms with Gasteiger partial charge < -0.3 is 14.4 Å². The van der Waals surface area contributed by atoms with E-state index in [2.05, 4.69) is 4.90 Å². The summed E-state index contributed by atoms with van der Waals surface area (Å²) in [6.45, 7) is 4.47. The Balaban J connectivity index is 2.39. The minimum absolute atomic E-state index is 0.0534. The van der Waals surface area contributed by atoms with Crippen LogP contribution in [0.5, 0.6) is 5.75 Å². The lowest BCUT2D eigenvalue weighted by molar-refractivity contribution is 0.101. The third-order valence-corrected chi connectivity index (χ3v) is 3.30. The highest BCUT2D eigenvalue weighted by molar-refractivity contribution is 6.33. The van der Waals surface area contributed by atoms with Gasteiger partial charge in [0.15, 0.2) is 5.78 Å². The summed E-state index contributed by atoms with van der Waals surface area (Å²) < 4.78 is 10.6. The molecule has 98 valence electrons. The highest BCUT2D eigenvalue weighted by atomic mass is 35.5. The average Bonchev–Trinajstić information content (AvgIpc) is 2.39. The molecule has 0 bridgehead atoms. The fourth-order valence-corrected chi connectivity index (χ4v) is 2.32. The van der Waals surface area contributed by atoms with E-state index in [9.17, 15) is 4.79 Å². The van der Waals surface area contributed by atoms with E-state index < -0.39 is 0 Å². The van der Waals surface area contributed by atoms with E-state index in [0.717, 1.165) is 18.8 Å². The van der Waals surface area contributed by atoms with Gasteiger partial charge in [-0.3, -0.25) is 4.79 Å². The summed E-state index contributed by atoms with van der Waals surface area (Å²) in [6, 6.07) is 3.50. The van der Waals surface area contributed by atoms with E-state index in [0.29, 0.717) is 29.5 Å².